The summed E-state index contributed by atoms with van der Waals surface area (Å²) in [5.74, 6) is 0. The Labute approximate surface area is 129 Å². The fourth-order valence-electron chi connectivity index (χ4n) is 3.08. The summed E-state index contributed by atoms with van der Waals surface area (Å²) in [5.41, 5.74) is 8.10. The molecule has 0 bridgehead atoms. The number of hydrogen-bond acceptors (Lipinski definition) is 5. The molecule has 1 aliphatic rings. The zero-order chi connectivity index (χ0) is 14.9. The van der Waals surface area contributed by atoms with E-state index in [-0.39, 0.29) is 0 Å². The number of rotatable bonds is 3. The number of aryl methyl sites for hydroxylation is 1. The topological polar surface area (TPSA) is 71.2 Å². The fraction of sp³-hybridized carbons (Fsp3) is 0.562. The third kappa shape index (κ3) is 3.30. The molecule has 0 unspecified atom stereocenters. The third-order valence-corrected chi connectivity index (χ3v) is 5.24. The van der Waals surface area contributed by atoms with Crippen LogP contribution in [-0.2, 0) is 0 Å². The summed E-state index contributed by atoms with van der Waals surface area (Å²) in [6.45, 7) is 2.56. The van der Waals surface area contributed by atoms with Crippen molar-refractivity contribution in [3.05, 3.63) is 17.1 Å². The lowest BCUT2D eigenvalue weighted by molar-refractivity contribution is 0.0381. The number of aliphatic hydroxyl groups is 1. The minimum atomic E-state index is -0.601. The van der Waals surface area contributed by atoms with Crippen LogP contribution >= 0.6 is 11.3 Å². The Bertz CT molecular complexity index is 630. The normalized spacial score (nSPS) is 18.6. The summed E-state index contributed by atoms with van der Waals surface area (Å²) in [5, 5.41) is 15.1. The molecule has 4 N–H and O–H groups in total. The van der Waals surface area contributed by atoms with Crippen molar-refractivity contribution in [1.82, 2.24) is 4.98 Å². The Morgan fingerprint density at radius 1 is 1.29 bits per heavy atom. The highest BCUT2D eigenvalue weighted by Crippen LogP contribution is 2.32. The van der Waals surface area contributed by atoms with Crippen molar-refractivity contribution in [3.8, 4) is 0 Å². The van der Waals surface area contributed by atoms with Gasteiger partial charge in [-0.1, -0.05) is 25.7 Å². The predicted octanol–water partition coefficient (Wildman–Crippen LogP) is 3.68. The molecule has 1 saturated carbocycles. The number of nitrogens with zero attached hydrogens (tertiary/aromatic N) is 1. The first-order valence-electron chi connectivity index (χ1n) is 7.69. The van der Waals surface area contributed by atoms with Gasteiger partial charge in [0.15, 0.2) is 0 Å². The van der Waals surface area contributed by atoms with Crippen LogP contribution in [0, 0.1) is 6.92 Å². The van der Waals surface area contributed by atoms with Crippen LogP contribution in [0.1, 0.15) is 43.5 Å². The number of aromatic nitrogens is 1. The molecule has 0 radical (unpaired) electrons. The average Bonchev–Trinajstić information content (AvgIpc) is 2.65. The van der Waals surface area contributed by atoms with Gasteiger partial charge in [-0.3, -0.25) is 0 Å². The van der Waals surface area contributed by atoms with Gasteiger partial charge in [-0.25, -0.2) is 4.98 Å². The second-order valence-corrected chi connectivity index (χ2v) is 7.37. The van der Waals surface area contributed by atoms with Gasteiger partial charge in [0.1, 0.15) is 0 Å². The van der Waals surface area contributed by atoms with Crippen LogP contribution in [0.3, 0.4) is 0 Å². The molecule has 0 atom stereocenters. The summed E-state index contributed by atoms with van der Waals surface area (Å²) < 4.78 is 1.11. The third-order valence-electron chi connectivity index (χ3n) is 4.31. The van der Waals surface area contributed by atoms with Gasteiger partial charge in [-0.15, -0.1) is 11.3 Å². The van der Waals surface area contributed by atoms with Gasteiger partial charge in [0.05, 0.1) is 32.2 Å². The molecule has 0 spiro atoms. The summed E-state index contributed by atoms with van der Waals surface area (Å²) in [6, 6.07) is 3.97. The van der Waals surface area contributed by atoms with Gasteiger partial charge in [-0.05, 0) is 31.9 Å². The summed E-state index contributed by atoms with van der Waals surface area (Å²) >= 11 is 1.65. The summed E-state index contributed by atoms with van der Waals surface area (Å²) in [6.07, 6.45) is 6.43. The van der Waals surface area contributed by atoms with Crippen LogP contribution in [0.2, 0.25) is 0 Å². The van der Waals surface area contributed by atoms with Crippen molar-refractivity contribution >= 4 is 32.9 Å². The highest BCUT2D eigenvalue weighted by atomic mass is 32.1. The van der Waals surface area contributed by atoms with Crippen LogP contribution in [0.5, 0.6) is 0 Å². The lowest BCUT2D eigenvalue weighted by Crippen LogP contribution is -2.36. The number of hydrogen-bond donors (Lipinski definition) is 3. The number of nitrogen functional groups attached to an aromatic ring is 1. The second kappa shape index (κ2) is 5.81. The van der Waals surface area contributed by atoms with Gasteiger partial charge in [0, 0.05) is 6.54 Å². The number of nitrogens with two attached hydrogens (primary N) is 1. The average molecular weight is 305 g/mol. The zero-order valence-corrected chi connectivity index (χ0v) is 13.3. The number of anilines is 2. The molecule has 0 amide bonds. The van der Waals surface area contributed by atoms with E-state index in [4.69, 9.17) is 5.73 Å². The Balaban J connectivity index is 1.76. The van der Waals surface area contributed by atoms with Crippen molar-refractivity contribution in [2.24, 2.45) is 0 Å². The van der Waals surface area contributed by atoms with E-state index >= 15 is 0 Å². The molecule has 1 aliphatic carbocycles. The standard InChI is InChI=1S/C16H23N3OS/c1-11-19-14-9-13(12(17)8-15(14)21-11)18-10-16(20)6-4-2-3-5-7-16/h8-9,18,20H,2-7,10,17H2,1H3. The molecule has 5 heteroatoms. The van der Waals surface area contributed by atoms with Crippen LogP contribution in [0.25, 0.3) is 10.2 Å². The number of benzene rings is 1. The summed E-state index contributed by atoms with van der Waals surface area (Å²) in [4.78, 5) is 4.50. The molecule has 1 aromatic heterocycles. The first-order valence-corrected chi connectivity index (χ1v) is 8.50. The largest absolute Gasteiger partial charge is 0.397 e. The van der Waals surface area contributed by atoms with Crippen molar-refractivity contribution in [2.75, 3.05) is 17.6 Å². The Hall–Kier alpha value is -1.33. The van der Waals surface area contributed by atoms with Crippen molar-refractivity contribution in [1.29, 1.82) is 0 Å². The van der Waals surface area contributed by atoms with E-state index in [1.807, 2.05) is 19.1 Å². The molecule has 0 aliphatic heterocycles. The molecule has 1 heterocycles. The zero-order valence-electron chi connectivity index (χ0n) is 12.5. The van der Waals surface area contributed by atoms with Crippen LogP contribution < -0.4 is 11.1 Å². The van der Waals surface area contributed by atoms with Crippen LogP contribution in [0.4, 0.5) is 11.4 Å². The number of nitrogens with one attached hydrogen (secondary N) is 1. The molecular weight excluding hydrogens is 282 g/mol. The second-order valence-electron chi connectivity index (χ2n) is 6.13. The van der Waals surface area contributed by atoms with E-state index in [1.54, 1.807) is 11.3 Å². The van der Waals surface area contributed by atoms with Gasteiger partial charge in [0.2, 0.25) is 0 Å². The molecule has 114 valence electrons. The summed E-state index contributed by atoms with van der Waals surface area (Å²) in [7, 11) is 0. The first kappa shape index (κ1) is 14.6. The minimum absolute atomic E-state index is 0.561. The van der Waals surface area contributed by atoms with Crippen molar-refractivity contribution in [3.63, 3.8) is 0 Å². The van der Waals surface area contributed by atoms with Gasteiger partial charge >= 0.3 is 0 Å². The molecule has 3 rings (SSSR count). The lowest BCUT2D eigenvalue weighted by Gasteiger charge is -2.27. The quantitative estimate of drug-likeness (QED) is 0.597. The number of fused-ring (bicyclic) bond motifs is 1. The highest BCUT2D eigenvalue weighted by Gasteiger charge is 2.27. The lowest BCUT2D eigenvalue weighted by atomic mass is 9.94. The smallest absolute Gasteiger partial charge is 0.0907 e. The molecular formula is C16H23N3OS. The molecule has 1 fully saturated rings. The first-order chi connectivity index (χ1) is 10.1. The fourth-order valence-corrected chi connectivity index (χ4v) is 3.94. The predicted molar refractivity (Wildman–Crippen MR) is 89.9 cm³/mol. The maximum absolute atomic E-state index is 10.7. The van der Waals surface area contributed by atoms with Crippen LogP contribution in [-0.4, -0.2) is 22.2 Å². The van der Waals surface area contributed by atoms with E-state index in [1.165, 1.54) is 12.8 Å². The Morgan fingerprint density at radius 2 is 2.00 bits per heavy atom. The molecule has 1 aromatic carbocycles. The Kier molecular flexibility index (Phi) is 4.04. The van der Waals surface area contributed by atoms with Crippen LogP contribution in [0.15, 0.2) is 12.1 Å². The molecule has 0 saturated heterocycles. The maximum Gasteiger partial charge on any atom is 0.0907 e. The van der Waals surface area contributed by atoms with Crippen molar-refractivity contribution in [2.45, 2.75) is 51.0 Å². The van der Waals surface area contributed by atoms with Gasteiger partial charge < -0.3 is 16.2 Å². The van der Waals surface area contributed by atoms with E-state index in [0.29, 0.717) is 6.54 Å². The SMILES string of the molecule is Cc1nc2cc(NCC3(O)CCCCCC3)c(N)cc2s1. The van der Waals surface area contributed by atoms with E-state index < -0.39 is 5.60 Å². The van der Waals surface area contributed by atoms with Gasteiger partial charge in [0.25, 0.3) is 0 Å². The Morgan fingerprint density at radius 3 is 2.71 bits per heavy atom. The van der Waals surface area contributed by atoms with E-state index in [0.717, 1.165) is 52.3 Å². The molecule has 4 nitrogen and oxygen atoms in total. The van der Waals surface area contributed by atoms with Gasteiger partial charge in [-0.2, -0.15) is 0 Å². The minimum Gasteiger partial charge on any atom is -0.397 e. The maximum atomic E-state index is 10.7. The molecule has 2 aromatic rings. The molecule has 21 heavy (non-hydrogen) atoms. The van der Waals surface area contributed by atoms with E-state index in [2.05, 4.69) is 10.3 Å². The number of thiazole rings is 1. The van der Waals surface area contributed by atoms with E-state index in [9.17, 15) is 5.11 Å². The monoisotopic (exact) mass is 305 g/mol. The van der Waals surface area contributed by atoms with Crippen molar-refractivity contribution < 1.29 is 5.11 Å². The highest BCUT2D eigenvalue weighted by molar-refractivity contribution is 7.18.